The van der Waals surface area contributed by atoms with Gasteiger partial charge in [0, 0.05) is 0 Å². The Balaban J connectivity index is 2.33. The molecular weight excluding hydrogens is 196 g/mol. The van der Waals surface area contributed by atoms with Gasteiger partial charge in [-0.2, -0.15) is 0 Å². The van der Waals surface area contributed by atoms with E-state index in [1.165, 1.54) is 12.3 Å². The van der Waals surface area contributed by atoms with Crippen LogP contribution in [0, 0.1) is 0 Å². The Hall–Kier alpha value is -1.91. The summed E-state index contributed by atoms with van der Waals surface area (Å²) in [6, 6.07) is 1.34. The summed E-state index contributed by atoms with van der Waals surface area (Å²) in [6.45, 7) is 0. The molecule has 1 saturated carbocycles. The fourth-order valence-electron chi connectivity index (χ4n) is 1.18. The highest BCUT2D eigenvalue weighted by atomic mass is 16.5. The van der Waals surface area contributed by atoms with Crippen molar-refractivity contribution < 1.29 is 14.3 Å². The Morgan fingerprint density at radius 1 is 1.60 bits per heavy atom. The zero-order valence-electron chi connectivity index (χ0n) is 7.97. The van der Waals surface area contributed by atoms with E-state index in [9.17, 15) is 9.59 Å². The Labute approximate surface area is 86.2 Å². The molecule has 5 heteroatoms. The van der Waals surface area contributed by atoms with Gasteiger partial charge in [-0.1, -0.05) is 0 Å². The van der Waals surface area contributed by atoms with Crippen LogP contribution in [0.1, 0.15) is 33.7 Å². The SMILES string of the molecule is NC(=O)c1cc(C=O)ncc1OC1CC1. The highest BCUT2D eigenvalue weighted by Gasteiger charge is 2.25. The summed E-state index contributed by atoms with van der Waals surface area (Å²) in [5.74, 6) is -0.258. The molecule has 1 aromatic heterocycles. The van der Waals surface area contributed by atoms with Gasteiger partial charge in [-0.05, 0) is 18.9 Å². The van der Waals surface area contributed by atoms with Gasteiger partial charge in [-0.25, -0.2) is 4.98 Å². The lowest BCUT2D eigenvalue weighted by molar-refractivity contribution is 0.0996. The standard InChI is InChI=1S/C10H10N2O3/c11-10(14)8-3-6(5-13)12-4-9(8)15-7-1-2-7/h3-5,7H,1-2H2,(H2,11,14). The molecule has 1 aromatic rings. The molecule has 0 bridgehead atoms. The number of hydrogen-bond acceptors (Lipinski definition) is 4. The lowest BCUT2D eigenvalue weighted by atomic mass is 10.2. The molecular formula is C10H10N2O3. The molecule has 1 fully saturated rings. The van der Waals surface area contributed by atoms with Crippen LogP contribution in [0.4, 0.5) is 0 Å². The van der Waals surface area contributed by atoms with Crippen LogP contribution in [0.5, 0.6) is 5.75 Å². The zero-order chi connectivity index (χ0) is 10.8. The van der Waals surface area contributed by atoms with Gasteiger partial charge in [0.15, 0.2) is 12.0 Å². The maximum absolute atomic E-state index is 11.1. The molecule has 0 unspecified atom stereocenters. The number of primary amides is 1. The van der Waals surface area contributed by atoms with Crippen LogP contribution in [0.3, 0.4) is 0 Å². The molecule has 0 aliphatic heterocycles. The molecule has 15 heavy (non-hydrogen) atoms. The summed E-state index contributed by atoms with van der Waals surface area (Å²) in [6.07, 6.45) is 4.04. The van der Waals surface area contributed by atoms with Crippen LogP contribution in [-0.2, 0) is 0 Å². The summed E-state index contributed by atoms with van der Waals surface area (Å²) >= 11 is 0. The Kier molecular flexibility index (Phi) is 2.37. The maximum Gasteiger partial charge on any atom is 0.252 e. The number of amides is 1. The molecule has 1 aliphatic carbocycles. The van der Waals surface area contributed by atoms with E-state index >= 15 is 0 Å². The molecule has 0 saturated heterocycles. The first-order valence-electron chi connectivity index (χ1n) is 4.62. The van der Waals surface area contributed by atoms with Gasteiger partial charge < -0.3 is 10.5 Å². The van der Waals surface area contributed by atoms with Gasteiger partial charge in [0.2, 0.25) is 0 Å². The van der Waals surface area contributed by atoms with E-state index in [1.807, 2.05) is 0 Å². The number of aldehydes is 1. The molecule has 1 amide bonds. The van der Waals surface area contributed by atoms with Crippen molar-refractivity contribution in [3.63, 3.8) is 0 Å². The van der Waals surface area contributed by atoms with Crippen LogP contribution in [-0.4, -0.2) is 23.3 Å². The quantitative estimate of drug-likeness (QED) is 0.728. The number of nitrogens with zero attached hydrogens (tertiary/aromatic N) is 1. The first kappa shape index (κ1) is 9.64. The average Bonchev–Trinajstić information content (AvgIpc) is 3.02. The third-order valence-electron chi connectivity index (χ3n) is 2.09. The fourth-order valence-corrected chi connectivity index (χ4v) is 1.18. The van der Waals surface area contributed by atoms with Gasteiger partial charge >= 0.3 is 0 Å². The lowest BCUT2D eigenvalue weighted by Gasteiger charge is -2.07. The summed E-state index contributed by atoms with van der Waals surface area (Å²) in [4.78, 5) is 25.4. The van der Waals surface area contributed by atoms with E-state index in [2.05, 4.69) is 4.98 Å². The largest absolute Gasteiger partial charge is 0.488 e. The topological polar surface area (TPSA) is 82.3 Å². The summed E-state index contributed by atoms with van der Waals surface area (Å²) in [5.41, 5.74) is 5.55. The smallest absolute Gasteiger partial charge is 0.252 e. The minimum absolute atomic E-state index is 0.159. The first-order chi connectivity index (χ1) is 7.20. The van der Waals surface area contributed by atoms with E-state index in [4.69, 9.17) is 10.5 Å². The zero-order valence-corrected chi connectivity index (χ0v) is 7.97. The molecule has 5 nitrogen and oxygen atoms in total. The average molecular weight is 206 g/mol. The van der Waals surface area contributed by atoms with Crippen molar-refractivity contribution in [3.05, 3.63) is 23.5 Å². The predicted molar refractivity (Wildman–Crippen MR) is 51.8 cm³/mol. The minimum Gasteiger partial charge on any atom is -0.488 e. The van der Waals surface area contributed by atoms with E-state index in [0.717, 1.165) is 12.8 Å². The molecule has 0 spiro atoms. The number of pyridine rings is 1. The fraction of sp³-hybridized carbons (Fsp3) is 0.300. The van der Waals surface area contributed by atoms with Crippen LogP contribution >= 0.6 is 0 Å². The van der Waals surface area contributed by atoms with E-state index in [1.54, 1.807) is 0 Å². The first-order valence-corrected chi connectivity index (χ1v) is 4.62. The van der Waals surface area contributed by atoms with Gasteiger partial charge in [0.05, 0.1) is 17.9 Å². The number of carbonyl (C=O) groups is 2. The normalized spacial score (nSPS) is 14.7. The molecule has 78 valence electrons. The van der Waals surface area contributed by atoms with Crippen molar-refractivity contribution in [2.75, 3.05) is 0 Å². The van der Waals surface area contributed by atoms with E-state index in [0.29, 0.717) is 12.0 Å². The number of carbonyl (C=O) groups excluding carboxylic acids is 2. The Morgan fingerprint density at radius 3 is 2.87 bits per heavy atom. The second-order valence-electron chi connectivity index (χ2n) is 3.40. The summed E-state index contributed by atoms with van der Waals surface area (Å²) < 4.78 is 5.44. The third-order valence-corrected chi connectivity index (χ3v) is 2.09. The third kappa shape index (κ3) is 2.12. The molecule has 1 heterocycles. The molecule has 2 N–H and O–H groups in total. The van der Waals surface area contributed by atoms with Crippen LogP contribution in [0.2, 0.25) is 0 Å². The van der Waals surface area contributed by atoms with Crippen molar-refractivity contribution in [1.29, 1.82) is 0 Å². The Bertz CT molecular complexity index is 413. The summed E-state index contributed by atoms with van der Waals surface area (Å²) in [7, 11) is 0. The monoisotopic (exact) mass is 206 g/mol. The van der Waals surface area contributed by atoms with Crippen LogP contribution < -0.4 is 10.5 Å². The van der Waals surface area contributed by atoms with Crippen LogP contribution in [0.15, 0.2) is 12.3 Å². The molecule has 0 atom stereocenters. The van der Waals surface area contributed by atoms with E-state index in [-0.39, 0.29) is 17.4 Å². The highest BCUT2D eigenvalue weighted by Crippen LogP contribution is 2.28. The van der Waals surface area contributed by atoms with Crippen molar-refractivity contribution in [3.8, 4) is 5.75 Å². The number of hydrogen-bond donors (Lipinski definition) is 1. The number of nitrogens with two attached hydrogens (primary N) is 1. The second kappa shape index (κ2) is 3.68. The highest BCUT2D eigenvalue weighted by molar-refractivity contribution is 5.96. The molecule has 2 rings (SSSR count). The van der Waals surface area contributed by atoms with Crippen molar-refractivity contribution in [1.82, 2.24) is 4.98 Å². The second-order valence-corrected chi connectivity index (χ2v) is 3.40. The van der Waals surface area contributed by atoms with Gasteiger partial charge in [0.25, 0.3) is 5.91 Å². The van der Waals surface area contributed by atoms with E-state index < -0.39 is 5.91 Å². The van der Waals surface area contributed by atoms with Crippen molar-refractivity contribution in [2.45, 2.75) is 18.9 Å². The molecule has 0 aromatic carbocycles. The number of aromatic nitrogens is 1. The van der Waals surface area contributed by atoms with Crippen molar-refractivity contribution in [2.24, 2.45) is 5.73 Å². The predicted octanol–water partition coefficient (Wildman–Crippen LogP) is 0.534. The Morgan fingerprint density at radius 2 is 2.33 bits per heavy atom. The lowest BCUT2D eigenvalue weighted by Crippen LogP contribution is -2.14. The van der Waals surface area contributed by atoms with Crippen molar-refractivity contribution >= 4 is 12.2 Å². The number of rotatable bonds is 4. The molecule has 1 aliphatic rings. The van der Waals surface area contributed by atoms with Crippen LogP contribution in [0.25, 0.3) is 0 Å². The minimum atomic E-state index is -0.615. The maximum atomic E-state index is 11.1. The summed E-state index contributed by atoms with van der Waals surface area (Å²) in [5, 5.41) is 0. The molecule has 0 radical (unpaired) electrons. The van der Waals surface area contributed by atoms with Gasteiger partial charge in [-0.3, -0.25) is 9.59 Å². The van der Waals surface area contributed by atoms with Gasteiger partial charge in [0.1, 0.15) is 5.69 Å². The number of ether oxygens (including phenoxy) is 1. The van der Waals surface area contributed by atoms with Gasteiger partial charge in [-0.15, -0.1) is 0 Å².